The van der Waals surface area contributed by atoms with E-state index in [1.807, 2.05) is 0 Å². The van der Waals surface area contributed by atoms with Crippen LogP contribution in [-0.2, 0) is 0 Å². The molecule has 0 aromatic heterocycles. The van der Waals surface area contributed by atoms with Crippen molar-refractivity contribution in [3.8, 4) is 0 Å². The SMILES string of the molecule is CCC(C)NCC1CCCCN1C(C)C. The molecule has 1 rings (SSSR count). The quantitative estimate of drug-likeness (QED) is 0.753. The third-order valence-electron chi connectivity index (χ3n) is 3.65. The summed E-state index contributed by atoms with van der Waals surface area (Å²) in [5.74, 6) is 0. The second-order valence-corrected chi connectivity index (χ2v) is 5.20. The number of rotatable bonds is 5. The smallest absolute Gasteiger partial charge is 0.0223 e. The number of likely N-dealkylation sites (tertiary alicyclic amines) is 1. The van der Waals surface area contributed by atoms with Crippen molar-refractivity contribution in [1.82, 2.24) is 10.2 Å². The Hall–Kier alpha value is -0.0800. The van der Waals surface area contributed by atoms with Gasteiger partial charge < -0.3 is 5.32 Å². The van der Waals surface area contributed by atoms with Gasteiger partial charge in [-0.15, -0.1) is 0 Å². The van der Waals surface area contributed by atoms with Crippen LogP contribution in [0, 0.1) is 0 Å². The summed E-state index contributed by atoms with van der Waals surface area (Å²) >= 11 is 0. The van der Waals surface area contributed by atoms with Gasteiger partial charge in [0.05, 0.1) is 0 Å². The fourth-order valence-electron chi connectivity index (χ4n) is 2.40. The lowest BCUT2D eigenvalue weighted by Gasteiger charge is -2.39. The van der Waals surface area contributed by atoms with E-state index in [0.29, 0.717) is 12.1 Å². The maximum Gasteiger partial charge on any atom is 0.0223 e. The first-order chi connectivity index (χ1) is 7.15. The van der Waals surface area contributed by atoms with Gasteiger partial charge in [-0.3, -0.25) is 4.90 Å². The lowest BCUT2D eigenvalue weighted by Crippen LogP contribution is -2.49. The Morgan fingerprint density at radius 3 is 2.60 bits per heavy atom. The Bertz CT molecular complexity index is 168. The molecule has 1 saturated heterocycles. The van der Waals surface area contributed by atoms with E-state index in [1.165, 1.54) is 38.8 Å². The molecule has 0 saturated carbocycles. The summed E-state index contributed by atoms with van der Waals surface area (Å²) in [7, 11) is 0. The second kappa shape index (κ2) is 6.49. The van der Waals surface area contributed by atoms with Crippen molar-refractivity contribution >= 4 is 0 Å². The molecule has 0 aliphatic carbocycles. The number of hydrogen-bond donors (Lipinski definition) is 1. The van der Waals surface area contributed by atoms with E-state index >= 15 is 0 Å². The normalized spacial score (nSPS) is 25.8. The molecule has 0 bridgehead atoms. The number of nitrogens with zero attached hydrogens (tertiary/aromatic N) is 1. The van der Waals surface area contributed by atoms with E-state index in [4.69, 9.17) is 0 Å². The fourth-order valence-corrected chi connectivity index (χ4v) is 2.40. The molecular formula is C13H28N2. The van der Waals surface area contributed by atoms with Gasteiger partial charge in [-0.2, -0.15) is 0 Å². The van der Waals surface area contributed by atoms with Gasteiger partial charge in [0, 0.05) is 24.7 Å². The lowest BCUT2D eigenvalue weighted by molar-refractivity contribution is 0.108. The molecule has 2 nitrogen and oxygen atoms in total. The predicted octanol–water partition coefficient (Wildman–Crippen LogP) is 2.64. The van der Waals surface area contributed by atoms with Gasteiger partial charge in [0.25, 0.3) is 0 Å². The predicted molar refractivity (Wildman–Crippen MR) is 67.2 cm³/mol. The number of hydrogen-bond acceptors (Lipinski definition) is 2. The minimum atomic E-state index is 0.668. The van der Waals surface area contributed by atoms with Crippen molar-refractivity contribution < 1.29 is 0 Å². The van der Waals surface area contributed by atoms with Crippen molar-refractivity contribution in [2.75, 3.05) is 13.1 Å². The maximum absolute atomic E-state index is 3.65. The van der Waals surface area contributed by atoms with Crippen molar-refractivity contribution in [2.45, 2.75) is 71.5 Å². The molecule has 1 aliphatic rings. The molecule has 1 heterocycles. The summed E-state index contributed by atoms with van der Waals surface area (Å²) in [5.41, 5.74) is 0. The summed E-state index contributed by atoms with van der Waals surface area (Å²) in [6.07, 6.45) is 5.41. The molecule has 15 heavy (non-hydrogen) atoms. The summed E-state index contributed by atoms with van der Waals surface area (Å²) < 4.78 is 0. The van der Waals surface area contributed by atoms with E-state index in [-0.39, 0.29) is 0 Å². The van der Waals surface area contributed by atoms with Gasteiger partial charge in [-0.25, -0.2) is 0 Å². The lowest BCUT2D eigenvalue weighted by atomic mass is 10.00. The van der Waals surface area contributed by atoms with Crippen LogP contribution in [0.3, 0.4) is 0 Å². The molecule has 90 valence electrons. The minimum Gasteiger partial charge on any atom is -0.313 e. The molecule has 1 fully saturated rings. The highest BCUT2D eigenvalue weighted by Gasteiger charge is 2.24. The molecule has 0 radical (unpaired) electrons. The van der Waals surface area contributed by atoms with Crippen molar-refractivity contribution in [3.63, 3.8) is 0 Å². The van der Waals surface area contributed by atoms with E-state index in [2.05, 4.69) is 37.9 Å². The summed E-state index contributed by atoms with van der Waals surface area (Å²) in [6.45, 7) is 11.6. The van der Waals surface area contributed by atoms with Crippen LogP contribution in [-0.4, -0.2) is 36.1 Å². The Morgan fingerprint density at radius 2 is 2.00 bits per heavy atom. The first-order valence-corrected chi connectivity index (χ1v) is 6.64. The summed E-state index contributed by atoms with van der Waals surface area (Å²) in [6, 6.07) is 2.14. The van der Waals surface area contributed by atoms with Gasteiger partial charge in [0.1, 0.15) is 0 Å². The Morgan fingerprint density at radius 1 is 1.27 bits per heavy atom. The van der Waals surface area contributed by atoms with Gasteiger partial charge in [-0.1, -0.05) is 13.3 Å². The largest absolute Gasteiger partial charge is 0.313 e. The number of piperidine rings is 1. The molecule has 0 spiro atoms. The molecular weight excluding hydrogens is 184 g/mol. The molecule has 0 amide bonds. The molecule has 0 aromatic rings. The highest BCUT2D eigenvalue weighted by molar-refractivity contribution is 4.81. The van der Waals surface area contributed by atoms with Gasteiger partial charge >= 0.3 is 0 Å². The van der Waals surface area contributed by atoms with E-state index in [1.54, 1.807) is 0 Å². The standard InChI is InChI=1S/C13H28N2/c1-5-12(4)14-10-13-8-6-7-9-15(13)11(2)3/h11-14H,5-10H2,1-4H3. The van der Waals surface area contributed by atoms with Crippen molar-refractivity contribution in [2.24, 2.45) is 0 Å². The molecule has 0 aromatic carbocycles. The first-order valence-electron chi connectivity index (χ1n) is 6.64. The average molecular weight is 212 g/mol. The Labute approximate surface area is 95.4 Å². The average Bonchev–Trinajstić information content (AvgIpc) is 2.26. The maximum atomic E-state index is 3.65. The van der Waals surface area contributed by atoms with Crippen LogP contribution in [0.1, 0.15) is 53.4 Å². The van der Waals surface area contributed by atoms with Crippen LogP contribution in [0.15, 0.2) is 0 Å². The molecule has 1 N–H and O–H groups in total. The van der Waals surface area contributed by atoms with E-state index < -0.39 is 0 Å². The molecule has 2 atom stereocenters. The number of nitrogens with one attached hydrogen (secondary N) is 1. The van der Waals surface area contributed by atoms with Gasteiger partial charge in [-0.05, 0) is 46.6 Å². The van der Waals surface area contributed by atoms with Crippen LogP contribution >= 0.6 is 0 Å². The third kappa shape index (κ3) is 4.12. The van der Waals surface area contributed by atoms with Gasteiger partial charge in [0.15, 0.2) is 0 Å². The third-order valence-corrected chi connectivity index (χ3v) is 3.65. The Balaban J connectivity index is 2.36. The van der Waals surface area contributed by atoms with Gasteiger partial charge in [0.2, 0.25) is 0 Å². The van der Waals surface area contributed by atoms with Crippen LogP contribution in [0.5, 0.6) is 0 Å². The van der Waals surface area contributed by atoms with E-state index in [0.717, 1.165) is 6.04 Å². The molecule has 2 heteroatoms. The van der Waals surface area contributed by atoms with Crippen LogP contribution < -0.4 is 5.32 Å². The van der Waals surface area contributed by atoms with Crippen LogP contribution in [0.25, 0.3) is 0 Å². The first kappa shape index (κ1) is 13.0. The zero-order chi connectivity index (χ0) is 11.3. The topological polar surface area (TPSA) is 15.3 Å². The fraction of sp³-hybridized carbons (Fsp3) is 1.00. The second-order valence-electron chi connectivity index (χ2n) is 5.20. The van der Waals surface area contributed by atoms with Crippen molar-refractivity contribution in [3.05, 3.63) is 0 Å². The van der Waals surface area contributed by atoms with E-state index in [9.17, 15) is 0 Å². The highest BCUT2D eigenvalue weighted by Crippen LogP contribution is 2.18. The summed E-state index contributed by atoms with van der Waals surface area (Å²) in [5, 5.41) is 3.65. The van der Waals surface area contributed by atoms with Crippen LogP contribution in [0.4, 0.5) is 0 Å². The molecule has 2 unspecified atom stereocenters. The molecule has 1 aliphatic heterocycles. The summed E-state index contributed by atoms with van der Waals surface area (Å²) in [4.78, 5) is 2.67. The monoisotopic (exact) mass is 212 g/mol. The van der Waals surface area contributed by atoms with Crippen molar-refractivity contribution in [1.29, 1.82) is 0 Å². The Kier molecular flexibility index (Phi) is 5.62. The zero-order valence-corrected chi connectivity index (χ0v) is 10.9. The zero-order valence-electron chi connectivity index (χ0n) is 10.9. The highest BCUT2D eigenvalue weighted by atomic mass is 15.2. The van der Waals surface area contributed by atoms with Crippen LogP contribution in [0.2, 0.25) is 0 Å². The minimum absolute atomic E-state index is 0.668.